The van der Waals surface area contributed by atoms with E-state index in [1.54, 1.807) is 0 Å². The maximum atomic E-state index is 12.8. The van der Waals surface area contributed by atoms with E-state index >= 15 is 0 Å². The molecule has 0 saturated heterocycles. The number of aliphatic imine (C=N–C) groups is 1. The summed E-state index contributed by atoms with van der Waals surface area (Å²) in [5, 5.41) is 11.0. The molecule has 1 atom stereocenters. The fourth-order valence-corrected chi connectivity index (χ4v) is 4.07. The van der Waals surface area contributed by atoms with Crippen LogP contribution in [0.2, 0.25) is 0 Å². The third-order valence-corrected chi connectivity index (χ3v) is 5.84. The molecule has 0 aliphatic carbocycles. The average molecular weight is 428 g/mol. The second-order valence-corrected chi connectivity index (χ2v) is 7.49. The third-order valence-electron chi connectivity index (χ3n) is 3.51. The van der Waals surface area contributed by atoms with Crippen molar-refractivity contribution in [3.05, 3.63) is 55.7 Å². The van der Waals surface area contributed by atoms with Gasteiger partial charge in [0.05, 0.1) is 12.0 Å². The zero-order chi connectivity index (χ0) is 20.0. The molecule has 0 amide bonds. The first-order chi connectivity index (χ1) is 12.5. The highest BCUT2D eigenvalue weighted by molar-refractivity contribution is 7.14. The zero-order valence-corrected chi connectivity index (χ0v) is 14.9. The Morgan fingerprint density at radius 1 is 1.00 bits per heavy atom. The van der Waals surface area contributed by atoms with Gasteiger partial charge in [-0.15, -0.1) is 22.7 Å². The molecule has 12 heteroatoms. The first kappa shape index (κ1) is 19.7. The van der Waals surface area contributed by atoms with Crippen molar-refractivity contribution in [1.82, 2.24) is 5.06 Å². The number of thiophene rings is 2. The van der Waals surface area contributed by atoms with Crippen molar-refractivity contribution < 1.29 is 36.3 Å². The van der Waals surface area contributed by atoms with Gasteiger partial charge in [0, 0.05) is 11.0 Å². The van der Waals surface area contributed by atoms with E-state index < -0.39 is 28.1 Å². The van der Waals surface area contributed by atoms with Crippen LogP contribution in [0.5, 0.6) is 0 Å². The molecule has 3 rings (SSSR count). The Balaban J connectivity index is 1.98. The van der Waals surface area contributed by atoms with E-state index in [9.17, 15) is 31.5 Å². The second kappa shape index (κ2) is 6.84. The van der Waals surface area contributed by atoms with Crippen LogP contribution >= 0.6 is 22.7 Å². The zero-order valence-electron chi connectivity index (χ0n) is 13.3. The minimum Gasteiger partial charge on any atom is -0.481 e. The van der Waals surface area contributed by atoms with E-state index in [0.717, 1.165) is 18.2 Å². The number of amidine groups is 1. The summed E-state index contributed by atoms with van der Waals surface area (Å²) < 4.78 is 81.9. The Hall–Kier alpha value is -2.05. The standard InChI is InChI=1S/C15H10F6N2O2S2/c1-25-12-6-7(8-2-4-10(26-8)14(16,17)18)23(24)13(22-12)9-3-5-11(27-9)15(19,20)21/h2-7,24H,1H3. The molecule has 1 aliphatic heterocycles. The number of hydrogen-bond acceptors (Lipinski definition) is 6. The van der Waals surface area contributed by atoms with E-state index in [-0.39, 0.29) is 21.5 Å². The Morgan fingerprint density at radius 3 is 2.11 bits per heavy atom. The smallest absolute Gasteiger partial charge is 0.425 e. The lowest BCUT2D eigenvalue weighted by molar-refractivity contribution is -0.135. The van der Waals surface area contributed by atoms with Gasteiger partial charge >= 0.3 is 12.4 Å². The van der Waals surface area contributed by atoms with Gasteiger partial charge in [-0.25, -0.2) is 5.06 Å². The van der Waals surface area contributed by atoms with Gasteiger partial charge in [0.2, 0.25) is 5.88 Å². The highest BCUT2D eigenvalue weighted by Crippen LogP contribution is 2.41. The highest BCUT2D eigenvalue weighted by atomic mass is 32.1. The van der Waals surface area contributed by atoms with Gasteiger partial charge in [-0.05, 0) is 24.3 Å². The van der Waals surface area contributed by atoms with Crippen molar-refractivity contribution in [3.8, 4) is 0 Å². The molecule has 0 spiro atoms. The number of nitrogens with zero attached hydrogens (tertiary/aromatic N) is 2. The monoisotopic (exact) mass is 428 g/mol. The summed E-state index contributed by atoms with van der Waals surface area (Å²) >= 11 is 0.763. The number of methoxy groups -OCH3 is 1. The fourth-order valence-electron chi connectivity index (χ4n) is 2.29. The van der Waals surface area contributed by atoms with Crippen LogP contribution in [0.1, 0.15) is 25.6 Å². The first-order valence-electron chi connectivity index (χ1n) is 7.17. The van der Waals surface area contributed by atoms with Crippen molar-refractivity contribution in [1.29, 1.82) is 0 Å². The molecule has 146 valence electrons. The molecule has 2 aromatic rings. The molecule has 3 heterocycles. The average Bonchev–Trinajstić information content (AvgIpc) is 3.23. The molecule has 0 aromatic carbocycles. The van der Waals surface area contributed by atoms with Crippen molar-refractivity contribution in [3.63, 3.8) is 0 Å². The lowest BCUT2D eigenvalue weighted by atomic mass is 10.2. The van der Waals surface area contributed by atoms with Crippen LogP contribution in [0, 0.1) is 0 Å². The molecule has 1 N–H and O–H groups in total. The Labute approximate surface area is 156 Å². The van der Waals surface area contributed by atoms with Gasteiger partial charge < -0.3 is 4.74 Å². The molecule has 0 radical (unpaired) electrons. The van der Waals surface area contributed by atoms with Crippen molar-refractivity contribution in [2.75, 3.05) is 7.11 Å². The Morgan fingerprint density at radius 2 is 1.59 bits per heavy atom. The highest BCUT2D eigenvalue weighted by Gasteiger charge is 2.37. The fraction of sp³-hybridized carbons (Fsp3) is 0.267. The van der Waals surface area contributed by atoms with Gasteiger partial charge in [-0.3, -0.25) is 5.21 Å². The van der Waals surface area contributed by atoms with Crippen LogP contribution in [-0.2, 0) is 17.1 Å². The maximum Gasteiger partial charge on any atom is 0.425 e. The summed E-state index contributed by atoms with van der Waals surface area (Å²) in [5.41, 5.74) is 0. The molecule has 1 aliphatic rings. The molecule has 0 saturated carbocycles. The number of hydrogen-bond donors (Lipinski definition) is 1. The van der Waals surface area contributed by atoms with Crippen molar-refractivity contribution in [2.45, 2.75) is 18.4 Å². The van der Waals surface area contributed by atoms with Gasteiger partial charge in [0.1, 0.15) is 15.8 Å². The summed E-state index contributed by atoms with van der Waals surface area (Å²) in [6.45, 7) is 0. The number of alkyl halides is 6. The van der Waals surface area contributed by atoms with Crippen molar-refractivity contribution in [2.24, 2.45) is 4.99 Å². The minimum atomic E-state index is -4.56. The number of ether oxygens (including phenoxy) is 1. The largest absolute Gasteiger partial charge is 0.481 e. The summed E-state index contributed by atoms with van der Waals surface area (Å²) in [6, 6.07) is 2.92. The molecular weight excluding hydrogens is 418 g/mol. The molecule has 1 unspecified atom stereocenters. The first-order valence-corrected chi connectivity index (χ1v) is 8.81. The molecule has 2 aromatic heterocycles. The van der Waals surface area contributed by atoms with E-state index in [1.165, 1.54) is 19.3 Å². The SMILES string of the molecule is COC1=CC(c2ccc(C(F)(F)F)s2)N(O)C(c2ccc(C(F)(F)F)s2)=N1. The molecule has 0 bridgehead atoms. The Kier molecular flexibility index (Phi) is 4.99. The van der Waals surface area contributed by atoms with Crippen LogP contribution in [0.4, 0.5) is 26.3 Å². The van der Waals surface area contributed by atoms with Crippen LogP contribution < -0.4 is 0 Å². The maximum absolute atomic E-state index is 12.8. The lowest BCUT2D eigenvalue weighted by Gasteiger charge is -2.28. The molecular formula is C15H10F6N2O2S2. The number of hydroxylamine groups is 2. The van der Waals surface area contributed by atoms with Crippen LogP contribution in [0.15, 0.2) is 41.2 Å². The number of halogens is 6. The van der Waals surface area contributed by atoms with Crippen LogP contribution in [-0.4, -0.2) is 23.2 Å². The van der Waals surface area contributed by atoms with E-state index in [2.05, 4.69) is 4.99 Å². The number of rotatable bonds is 3. The second-order valence-electron chi connectivity index (χ2n) is 5.30. The van der Waals surface area contributed by atoms with Crippen molar-refractivity contribution >= 4 is 28.5 Å². The lowest BCUT2D eigenvalue weighted by Crippen LogP contribution is -2.33. The topological polar surface area (TPSA) is 45.1 Å². The van der Waals surface area contributed by atoms with Gasteiger partial charge in [-0.1, -0.05) is 0 Å². The quantitative estimate of drug-likeness (QED) is 0.654. The summed E-state index contributed by atoms with van der Waals surface area (Å²) in [6.07, 6.45) is -7.83. The van der Waals surface area contributed by atoms with Crippen LogP contribution in [0.25, 0.3) is 0 Å². The predicted octanol–water partition coefficient (Wildman–Crippen LogP) is 5.53. The van der Waals surface area contributed by atoms with E-state index in [4.69, 9.17) is 4.74 Å². The Bertz CT molecular complexity index is 897. The van der Waals surface area contributed by atoms with Gasteiger partial charge in [0.15, 0.2) is 5.84 Å². The normalized spacial score (nSPS) is 18.4. The van der Waals surface area contributed by atoms with E-state index in [1.807, 2.05) is 0 Å². The predicted molar refractivity (Wildman–Crippen MR) is 86.6 cm³/mol. The van der Waals surface area contributed by atoms with E-state index in [0.29, 0.717) is 27.7 Å². The molecule has 4 nitrogen and oxygen atoms in total. The molecule has 0 fully saturated rings. The molecule has 27 heavy (non-hydrogen) atoms. The third kappa shape index (κ3) is 3.96. The van der Waals surface area contributed by atoms with Gasteiger partial charge in [0.25, 0.3) is 0 Å². The van der Waals surface area contributed by atoms with Gasteiger partial charge in [-0.2, -0.15) is 31.3 Å². The van der Waals surface area contributed by atoms with Crippen LogP contribution in [0.3, 0.4) is 0 Å². The summed E-state index contributed by atoms with van der Waals surface area (Å²) in [7, 11) is 1.25. The minimum absolute atomic E-state index is 0.00919. The summed E-state index contributed by atoms with van der Waals surface area (Å²) in [4.78, 5) is 2.29. The summed E-state index contributed by atoms with van der Waals surface area (Å²) in [5.74, 6) is -0.286.